The standard InChI is InChI=1S/C15H17N5O3/c16-15-18-12(20-6-8-23-9-7-20)11(14(22)19-15)17-13(21)10-4-2-1-3-5-10/h1-5H,6-9H2,(H,17,21)(H3,16,18,19,22). The number of morpholine rings is 1. The van der Waals surface area contributed by atoms with Gasteiger partial charge in [-0.1, -0.05) is 18.2 Å². The average Bonchev–Trinajstić information content (AvgIpc) is 2.58. The van der Waals surface area contributed by atoms with Crippen LogP contribution < -0.4 is 21.5 Å². The van der Waals surface area contributed by atoms with Crippen LogP contribution in [0.25, 0.3) is 0 Å². The van der Waals surface area contributed by atoms with Gasteiger partial charge in [-0.2, -0.15) is 4.98 Å². The van der Waals surface area contributed by atoms with Crippen molar-refractivity contribution in [2.24, 2.45) is 0 Å². The van der Waals surface area contributed by atoms with Crippen LogP contribution in [0.15, 0.2) is 35.1 Å². The molecule has 0 saturated carbocycles. The summed E-state index contributed by atoms with van der Waals surface area (Å²) in [6.07, 6.45) is 0. The van der Waals surface area contributed by atoms with E-state index < -0.39 is 5.56 Å². The second-order valence-corrected chi connectivity index (χ2v) is 5.07. The summed E-state index contributed by atoms with van der Waals surface area (Å²) in [6.45, 7) is 2.20. The Balaban J connectivity index is 1.94. The molecule has 2 aromatic rings. The molecule has 8 nitrogen and oxygen atoms in total. The van der Waals surface area contributed by atoms with E-state index in [1.807, 2.05) is 11.0 Å². The Kier molecular flexibility index (Phi) is 4.24. The smallest absolute Gasteiger partial charge is 0.278 e. The minimum absolute atomic E-state index is 0.00852. The highest BCUT2D eigenvalue weighted by molar-refractivity contribution is 6.05. The van der Waals surface area contributed by atoms with E-state index in [1.165, 1.54) is 0 Å². The number of carbonyl (C=O) groups is 1. The molecule has 1 aliphatic rings. The number of amides is 1. The van der Waals surface area contributed by atoms with Gasteiger partial charge in [-0.15, -0.1) is 0 Å². The van der Waals surface area contributed by atoms with Gasteiger partial charge >= 0.3 is 0 Å². The first kappa shape index (κ1) is 15.0. The molecule has 1 fully saturated rings. The van der Waals surface area contributed by atoms with Crippen molar-refractivity contribution >= 4 is 23.4 Å². The molecule has 1 aliphatic heterocycles. The number of ether oxygens (including phenoxy) is 1. The molecule has 4 N–H and O–H groups in total. The number of hydrogen-bond acceptors (Lipinski definition) is 6. The number of rotatable bonds is 3. The van der Waals surface area contributed by atoms with Gasteiger partial charge in [-0.3, -0.25) is 14.6 Å². The maximum atomic E-state index is 12.3. The number of nitrogens with two attached hydrogens (primary N) is 1. The van der Waals surface area contributed by atoms with Gasteiger partial charge in [0.2, 0.25) is 5.95 Å². The van der Waals surface area contributed by atoms with Crippen LogP contribution in [0.4, 0.5) is 17.5 Å². The third-order valence-corrected chi connectivity index (χ3v) is 3.50. The van der Waals surface area contributed by atoms with Crippen LogP contribution in [0.2, 0.25) is 0 Å². The molecule has 0 aliphatic carbocycles. The highest BCUT2D eigenvalue weighted by atomic mass is 16.5. The molecule has 0 spiro atoms. The van der Waals surface area contributed by atoms with Crippen molar-refractivity contribution in [3.05, 3.63) is 46.2 Å². The van der Waals surface area contributed by atoms with Crippen LogP contribution >= 0.6 is 0 Å². The Morgan fingerprint density at radius 3 is 2.65 bits per heavy atom. The van der Waals surface area contributed by atoms with Crippen LogP contribution in [0, 0.1) is 0 Å². The van der Waals surface area contributed by atoms with Gasteiger partial charge < -0.3 is 20.7 Å². The van der Waals surface area contributed by atoms with Crippen molar-refractivity contribution in [3.63, 3.8) is 0 Å². The molecular weight excluding hydrogens is 298 g/mol. The van der Waals surface area contributed by atoms with Crippen molar-refractivity contribution in [1.29, 1.82) is 0 Å². The first-order valence-corrected chi connectivity index (χ1v) is 7.24. The van der Waals surface area contributed by atoms with Gasteiger partial charge in [0.15, 0.2) is 11.5 Å². The van der Waals surface area contributed by atoms with Crippen LogP contribution in [0.5, 0.6) is 0 Å². The van der Waals surface area contributed by atoms with Crippen LogP contribution in [-0.2, 0) is 4.74 Å². The fraction of sp³-hybridized carbons (Fsp3) is 0.267. The zero-order valence-corrected chi connectivity index (χ0v) is 12.4. The molecule has 3 rings (SSSR count). The number of nitrogens with one attached hydrogen (secondary N) is 2. The SMILES string of the molecule is Nc1nc(N2CCOCC2)c(NC(=O)c2ccccc2)c(=O)[nH]1. The second kappa shape index (κ2) is 6.49. The zero-order valence-electron chi connectivity index (χ0n) is 12.4. The number of aromatic nitrogens is 2. The van der Waals surface area contributed by atoms with Gasteiger partial charge in [0.05, 0.1) is 13.2 Å². The number of nitrogen functional groups attached to an aromatic ring is 1. The highest BCUT2D eigenvalue weighted by Gasteiger charge is 2.21. The van der Waals surface area contributed by atoms with Crippen molar-refractivity contribution in [1.82, 2.24) is 9.97 Å². The van der Waals surface area contributed by atoms with Crippen molar-refractivity contribution in [2.45, 2.75) is 0 Å². The molecule has 1 aromatic heterocycles. The molecule has 1 saturated heterocycles. The third-order valence-electron chi connectivity index (χ3n) is 3.50. The Hall–Kier alpha value is -2.87. The summed E-state index contributed by atoms with van der Waals surface area (Å²) < 4.78 is 5.30. The Morgan fingerprint density at radius 1 is 1.26 bits per heavy atom. The number of carbonyl (C=O) groups excluding carboxylic acids is 1. The molecule has 0 unspecified atom stereocenters. The molecule has 0 bridgehead atoms. The minimum Gasteiger partial charge on any atom is -0.378 e. The highest BCUT2D eigenvalue weighted by Crippen LogP contribution is 2.21. The number of H-pyrrole nitrogens is 1. The lowest BCUT2D eigenvalue weighted by Crippen LogP contribution is -2.39. The molecule has 8 heteroatoms. The van der Waals surface area contributed by atoms with Gasteiger partial charge in [-0.25, -0.2) is 0 Å². The Labute approximate surface area is 132 Å². The lowest BCUT2D eigenvalue weighted by molar-refractivity contribution is 0.102. The summed E-state index contributed by atoms with van der Waals surface area (Å²) in [5.74, 6) is -0.00906. The molecule has 2 heterocycles. The lowest BCUT2D eigenvalue weighted by Gasteiger charge is -2.29. The molecule has 23 heavy (non-hydrogen) atoms. The first-order valence-electron chi connectivity index (χ1n) is 7.24. The summed E-state index contributed by atoms with van der Waals surface area (Å²) >= 11 is 0. The third kappa shape index (κ3) is 3.32. The molecule has 0 radical (unpaired) electrons. The maximum absolute atomic E-state index is 12.3. The summed E-state index contributed by atoms with van der Waals surface area (Å²) in [5.41, 5.74) is 5.70. The normalized spacial score (nSPS) is 14.5. The van der Waals surface area contributed by atoms with Crippen LogP contribution in [0.3, 0.4) is 0 Å². The Bertz CT molecular complexity index is 753. The number of benzene rings is 1. The van der Waals surface area contributed by atoms with Crippen molar-refractivity contribution in [2.75, 3.05) is 42.3 Å². The lowest BCUT2D eigenvalue weighted by atomic mass is 10.2. The van der Waals surface area contributed by atoms with Crippen LogP contribution in [-0.4, -0.2) is 42.2 Å². The average molecular weight is 315 g/mol. The predicted molar refractivity (Wildman–Crippen MR) is 86.7 cm³/mol. The Morgan fingerprint density at radius 2 is 1.96 bits per heavy atom. The van der Waals surface area contributed by atoms with Gasteiger partial charge in [0.25, 0.3) is 11.5 Å². The largest absolute Gasteiger partial charge is 0.378 e. The van der Waals surface area contributed by atoms with Gasteiger partial charge in [0.1, 0.15) is 0 Å². The van der Waals surface area contributed by atoms with Crippen molar-refractivity contribution in [3.8, 4) is 0 Å². The fourth-order valence-corrected chi connectivity index (χ4v) is 2.37. The minimum atomic E-state index is -0.483. The summed E-state index contributed by atoms with van der Waals surface area (Å²) in [4.78, 5) is 33.0. The van der Waals surface area contributed by atoms with E-state index >= 15 is 0 Å². The van der Waals surface area contributed by atoms with Gasteiger partial charge in [0, 0.05) is 18.7 Å². The molecule has 120 valence electrons. The molecule has 1 amide bonds. The summed E-state index contributed by atoms with van der Waals surface area (Å²) in [7, 11) is 0. The van der Waals surface area contributed by atoms with E-state index in [4.69, 9.17) is 10.5 Å². The second-order valence-electron chi connectivity index (χ2n) is 5.07. The van der Waals surface area contributed by atoms with E-state index in [0.29, 0.717) is 37.7 Å². The topological polar surface area (TPSA) is 113 Å². The van der Waals surface area contributed by atoms with E-state index in [1.54, 1.807) is 24.3 Å². The number of anilines is 3. The predicted octanol–water partition coefficient (Wildman–Crippen LogP) is 0.441. The van der Waals surface area contributed by atoms with Crippen LogP contribution in [0.1, 0.15) is 10.4 Å². The number of hydrogen-bond donors (Lipinski definition) is 3. The monoisotopic (exact) mass is 315 g/mol. The summed E-state index contributed by atoms with van der Waals surface area (Å²) in [6, 6.07) is 8.66. The molecule has 0 atom stereocenters. The fourth-order valence-electron chi connectivity index (χ4n) is 2.37. The number of aromatic amines is 1. The zero-order chi connectivity index (χ0) is 16.2. The quantitative estimate of drug-likeness (QED) is 0.757. The molecule has 1 aromatic carbocycles. The summed E-state index contributed by atoms with van der Waals surface area (Å²) in [5, 5.41) is 2.64. The molecular formula is C15H17N5O3. The van der Waals surface area contributed by atoms with Gasteiger partial charge in [-0.05, 0) is 12.1 Å². The van der Waals surface area contributed by atoms with E-state index in [0.717, 1.165) is 0 Å². The van der Waals surface area contributed by atoms with E-state index in [2.05, 4.69) is 15.3 Å². The van der Waals surface area contributed by atoms with E-state index in [9.17, 15) is 9.59 Å². The maximum Gasteiger partial charge on any atom is 0.278 e. The van der Waals surface area contributed by atoms with Crippen molar-refractivity contribution < 1.29 is 9.53 Å². The number of nitrogens with zero attached hydrogens (tertiary/aromatic N) is 2. The first-order chi connectivity index (χ1) is 11.1. The van der Waals surface area contributed by atoms with E-state index in [-0.39, 0.29) is 17.5 Å².